The van der Waals surface area contributed by atoms with Crippen LogP contribution in [0.3, 0.4) is 0 Å². The summed E-state index contributed by atoms with van der Waals surface area (Å²) in [5.41, 5.74) is 2.49. The Bertz CT molecular complexity index is 317. The molecule has 0 spiro atoms. The molecule has 0 amide bonds. The minimum absolute atomic E-state index is 0.153. The van der Waals surface area contributed by atoms with Crippen LogP contribution in [0.15, 0.2) is 24.3 Å². The standard InChI is InChI=1S/C14H19ClO2/c15-9-3-1-2-4-12-5-7-13(8-6-12)14-16-10-11-17-14/h5-8,14H,1-4,9-11H2. The lowest BCUT2D eigenvalue weighted by atomic mass is 10.1. The van der Waals surface area contributed by atoms with Gasteiger partial charge in [-0.1, -0.05) is 30.7 Å². The van der Waals surface area contributed by atoms with E-state index in [2.05, 4.69) is 24.3 Å². The van der Waals surface area contributed by atoms with Gasteiger partial charge in [-0.05, 0) is 24.8 Å². The zero-order valence-electron chi connectivity index (χ0n) is 10.0. The molecule has 0 radical (unpaired) electrons. The number of aryl methyl sites for hydroxylation is 1. The molecule has 2 rings (SSSR count). The lowest BCUT2D eigenvalue weighted by Crippen LogP contribution is -1.98. The third kappa shape index (κ3) is 3.98. The minimum atomic E-state index is -0.153. The first kappa shape index (κ1) is 12.9. The van der Waals surface area contributed by atoms with Crippen LogP contribution >= 0.6 is 11.6 Å². The van der Waals surface area contributed by atoms with Crippen LogP contribution < -0.4 is 0 Å². The largest absolute Gasteiger partial charge is 0.346 e. The van der Waals surface area contributed by atoms with Crippen LogP contribution in [0.2, 0.25) is 0 Å². The SMILES string of the molecule is ClCCCCCc1ccc(C2OCCO2)cc1. The van der Waals surface area contributed by atoms with E-state index in [0.29, 0.717) is 13.2 Å². The van der Waals surface area contributed by atoms with Crippen molar-refractivity contribution in [3.63, 3.8) is 0 Å². The minimum Gasteiger partial charge on any atom is -0.346 e. The smallest absolute Gasteiger partial charge is 0.184 e. The first-order valence-electron chi connectivity index (χ1n) is 6.28. The van der Waals surface area contributed by atoms with Gasteiger partial charge in [0.2, 0.25) is 0 Å². The maximum absolute atomic E-state index is 5.65. The highest BCUT2D eigenvalue weighted by atomic mass is 35.5. The Morgan fingerprint density at radius 2 is 1.71 bits per heavy atom. The summed E-state index contributed by atoms with van der Waals surface area (Å²) in [6.45, 7) is 1.40. The van der Waals surface area contributed by atoms with E-state index in [1.165, 1.54) is 18.4 Å². The highest BCUT2D eigenvalue weighted by Crippen LogP contribution is 2.23. The molecule has 1 aromatic rings. The molecule has 0 unspecified atom stereocenters. The highest BCUT2D eigenvalue weighted by molar-refractivity contribution is 6.17. The second-order valence-corrected chi connectivity index (χ2v) is 4.69. The molecule has 1 heterocycles. The normalized spacial score (nSPS) is 16.5. The van der Waals surface area contributed by atoms with Crippen molar-refractivity contribution in [3.05, 3.63) is 35.4 Å². The van der Waals surface area contributed by atoms with E-state index >= 15 is 0 Å². The Hall–Kier alpha value is -0.570. The van der Waals surface area contributed by atoms with Gasteiger partial charge in [0.15, 0.2) is 6.29 Å². The van der Waals surface area contributed by atoms with E-state index in [-0.39, 0.29) is 6.29 Å². The number of hydrogen-bond acceptors (Lipinski definition) is 2. The molecule has 94 valence electrons. The number of benzene rings is 1. The Kier molecular flexibility index (Phi) is 5.30. The Labute approximate surface area is 108 Å². The summed E-state index contributed by atoms with van der Waals surface area (Å²) >= 11 is 5.65. The maximum atomic E-state index is 5.65. The summed E-state index contributed by atoms with van der Waals surface area (Å²) in [5, 5.41) is 0. The molecular weight excluding hydrogens is 236 g/mol. The molecule has 0 N–H and O–H groups in total. The van der Waals surface area contributed by atoms with Crippen molar-refractivity contribution in [2.45, 2.75) is 32.0 Å². The number of hydrogen-bond donors (Lipinski definition) is 0. The lowest BCUT2D eigenvalue weighted by Gasteiger charge is -2.09. The van der Waals surface area contributed by atoms with Crippen molar-refractivity contribution in [3.8, 4) is 0 Å². The van der Waals surface area contributed by atoms with Gasteiger partial charge in [0, 0.05) is 11.4 Å². The average molecular weight is 255 g/mol. The van der Waals surface area contributed by atoms with Gasteiger partial charge in [0.25, 0.3) is 0 Å². The maximum Gasteiger partial charge on any atom is 0.184 e. The van der Waals surface area contributed by atoms with Gasteiger partial charge in [-0.25, -0.2) is 0 Å². The fraction of sp³-hybridized carbons (Fsp3) is 0.571. The lowest BCUT2D eigenvalue weighted by molar-refractivity contribution is -0.0441. The van der Waals surface area contributed by atoms with Crippen molar-refractivity contribution in [2.24, 2.45) is 0 Å². The summed E-state index contributed by atoms with van der Waals surface area (Å²) in [6, 6.07) is 8.54. The molecular formula is C14H19ClO2. The molecule has 1 aromatic carbocycles. The molecule has 0 bridgehead atoms. The zero-order chi connectivity index (χ0) is 11.9. The number of rotatable bonds is 6. The van der Waals surface area contributed by atoms with Crippen LogP contribution in [-0.4, -0.2) is 19.1 Å². The predicted octanol–water partition coefficient (Wildman–Crippen LogP) is 3.68. The molecule has 0 saturated carbocycles. The number of ether oxygens (including phenoxy) is 2. The van der Waals surface area contributed by atoms with Gasteiger partial charge in [0.05, 0.1) is 13.2 Å². The summed E-state index contributed by atoms with van der Waals surface area (Å²) in [4.78, 5) is 0. The zero-order valence-corrected chi connectivity index (χ0v) is 10.8. The Morgan fingerprint density at radius 3 is 2.35 bits per heavy atom. The van der Waals surface area contributed by atoms with E-state index in [9.17, 15) is 0 Å². The van der Waals surface area contributed by atoms with Crippen LogP contribution in [0.1, 0.15) is 36.7 Å². The third-order valence-electron chi connectivity index (χ3n) is 2.97. The van der Waals surface area contributed by atoms with E-state index < -0.39 is 0 Å². The number of halogens is 1. The van der Waals surface area contributed by atoms with Crippen molar-refractivity contribution in [1.29, 1.82) is 0 Å². The fourth-order valence-corrected chi connectivity index (χ4v) is 2.18. The summed E-state index contributed by atoms with van der Waals surface area (Å²) in [5.74, 6) is 0.773. The predicted molar refractivity (Wildman–Crippen MR) is 69.4 cm³/mol. The molecule has 0 atom stereocenters. The van der Waals surface area contributed by atoms with Crippen molar-refractivity contribution in [1.82, 2.24) is 0 Å². The molecule has 0 aliphatic carbocycles. The van der Waals surface area contributed by atoms with Gasteiger partial charge >= 0.3 is 0 Å². The monoisotopic (exact) mass is 254 g/mol. The molecule has 1 saturated heterocycles. The Morgan fingerprint density at radius 1 is 1.00 bits per heavy atom. The fourth-order valence-electron chi connectivity index (χ4n) is 1.99. The van der Waals surface area contributed by atoms with Crippen molar-refractivity contribution in [2.75, 3.05) is 19.1 Å². The van der Waals surface area contributed by atoms with Crippen molar-refractivity contribution >= 4 is 11.6 Å². The van der Waals surface area contributed by atoms with Gasteiger partial charge in [-0.15, -0.1) is 11.6 Å². The quantitative estimate of drug-likeness (QED) is 0.570. The molecule has 2 nitrogen and oxygen atoms in total. The van der Waals surface area contributed by atoms with Gasteiger partial charge in [0.1, 0.15) is 0 Å². The third-order valence-corrected chi connectivity index (χ3v) is 3.24. The van der Waals surface area contributed by atoms with E-state index in [4.69, 9.17) is 21.1 Å². The van der Waals surface area contributed by atoms with Crippen LogP contribution in [0.25, 0.3) is 0 Å². The van der Waals surface area contributed by atoms with E-state index in [0.717, 1.165) is 24.3 Å². The molecule has 3 heteroatoms. The van der Waals surface area contributed by atoms with E-state index in [1.54, 1.807) is 0 Å². The molecule has 1 aliphatic heterocycles. The van der Waals surface area contributed by atoms with Crippen molar-refractivity contribution < 1.29 is 9.47 Å². The second kappa shape index (κ2) is 7.00. The first-order chi connectivity index (χ1) is 8.40. The van der Waals surface area contributed by atoms with Crippen LogP contribution in [-0.2, 0) is 15.9 Å². The molecule has 17 heavy (non-hydrogen) atoms. The van der Waals surface area contributed by atoms with Crippen LogP contribution in [0, 0.1) is 0 Å². The first-order valence-corrected chi connectivity index (χ1v) is 6.81. The van der Waals surface area contributed by atoms with Gasteiger partial charge < -0.3 is 9.47 Å². The highest BCUT2D eigenvalue weighted by Gasteiger charge is 2.17. The average Bonchev–Trinajstić information content (AvgIpc) is 2.89. The van der Waals surface area contributed by atoms with Gasteiger partial charge in [-0.2, -0.15) is 0 Å². The summed E-state index contributed by atoms with van der Waals surface area (Å²) < 4.78 is 10.9. The van der Waals surface area contributed by atoms with E-state index in [1.807, 2.05) is 0 Å². The Balaban J connectivity index is 1.80. The topological polar surface area (TPSA) is 18.5 Å². The molecule has 1 aliphatic rings. The van der Waals surface area contributed by atoms with Crippen LogP contribution in [0.5, 0.6) is 0 Å². The molecule has 1 fully saturated rings. The number of unbranched alkanes of at least 4 members (excludes halogenated alkanes) is 2. The van der Waals surface area contributed by atoms with Crippen LogP contribution in [0.4, 0.5) is 0 Å². The molecule has 0 aromatic heterocycles. The summed E-state index contributed by atoms with van der Waals surface area (Å²) in [7, 11) is 0. The number of alkyl halides is 1. The van der Waals surface area contributed by atoms with Gasteiger partial charge in [-0.3, -0.25) is 0 Å². The second-order valence-electron chi connectivity index (χ2n) is 4.31. The summed E-state index contributed by atoms with van der Waals surface area (Å²) in [6.07, 6.45) is 4.51.